The van der Waals surface area contributed by atoms with Gasteiger partial charge in [-0.25, -0.2) is 8.42 Å². The van der Waals surface area contributed by atoms with Gasteiger partial charge in [0.25, 0.3) is 10.0 Å². The third-order valence-corrected chi connectivity index (χ3v) is 5.91. The molecule has 0 bridgehead atoms. The van der Waals surface area contributed by atoms with Crippen molar-refractivity contribution in [1.29, 1.82) is 0 Å². The average molecular weight is 466 g/mol. The monoisotopic (exact) mass is 464 g/mol. The van der Waals surface area contributed by atoms with Crippen LogP contribution in [0.5, 0.6) is 0 Å². The fraction of sp³-hybridized carbons (Fsp3) is 0.0526. The summed E-state index contributed by atoms with van der Waals surface area (Å²) in [7, 11) is -3.87. The zero-order chi connectivity index (χ0) is 19.6. The van der Waals surface area contributed by atoms with Gasteiger partial charge in [-0.3, -0.25) is 14.5 Å². The first kappa shape index (κ1) is 19.5. The molecule has 0 aliphatic heterocycles. The SMILES string of the molecule is Cc1ccc(C(=O)c2cc(Cl)ccc2NS(=O)(=O)c2ccc(Br)cc2)cn1. The van der Waals surface area contributed by atoms with Crippen molar-refractivity contribution in [3.8, 4) is 0 Å². The Morgan fingerprint density at radius 1 is 1.07 bits per heavy atom. The minimum Gasteiger partial charge on any atom is -0.288 e. The quantitative estimate of drug-likeness (QED) is 0.547. The van der Waals surface area contributed by atoms with Gasteiger partial charge in [0.05, 0.1) is 10.6 Å². The molecule has 0 saturated carbocycles. The molecule has 1 heterocycles. The third-order valence-electron chi connectivity index (χ3n) is 3.77. The van der Waals surface area contributed by atoms with E-state index in [-0.39, 0.29) is 21.9 Å². The summed E-state index contributed by atoms with van der Waals surface area (Å²) in [6.45, 7) is 1.81. The lowest BCUT2D eigenvalue weighted by atomic mass is 10.0. The molecule has 0 radical (unpaired) electrons. The summed E-state index contributed by atoms with van der Waals surface area (Å²) in [5.41, 5.74) is 1.41. The highest BCUT2D eigenvalue weighted by molar-refractivity contribution is 9.10. The third kappa shape index (κ3) is 4.55. The molecule has 138 valence electrons. The Hall–Kier alpha value is -2.22. The van der Waals surface area contributed by atoms with E-state index in [9.17, 15) is 13.2 Å². The summed E-state index contributed by atoms with van der Waals surface area (Å²) in [6, 6.07) is 14.0. The maximum atomic E-state index is 12.9. The standard InChI is InChI=1S/C19H14BrClN2O3S/c1-12-2-3-13(11-22-12)19(24)17-10-15(21)6-9-18(17)23-27(25,26)16-7-4-14(20)5-8-16/h2-11,23H,1H3. The van der Waals surface area contributed by atoms with Crippen molar-refractivity contribution in [2.75, 3.05) is 4.72 Å². The second kappa shape index (κ2) is 7.80. The van der Waals surface area contributed by atoms with Gasteiger partial charge in [-0.05, 0) is 61.5 Å². The predicted octanol–water partition coefficient (Wildman–Crippen LogP) is 4.84. The predicted molar refractivity (Wildman–Crippen MR) is 109 cm³/mol. The summed E-state index contributed by atoms with van der Waals surface area (Å²) in [5.74, 6) is -0.376. The molecule has 3 aromatic rings. The Kier molecular flexibility index (Phi) is 5.64. The van der Waals surface area contributed by atoms with E-state index in [0.29, 0.717) is 10.6 Å². The van der Waals surface area contributed by atoms with Crippen molar-refractivity contribution < 1.29 is 13.2 Å². The minimum atomic E-state index is -3.87. The summed E-state index contributed by atoms with van der Waals surface area (Å²) in [4.78, 5) is 17.0. The number of benzene rings is 2. The van der Waals surface area contributed by atoms with E-state index in [0.717, 1.165) is 10.2 Å². The molecule has 0 aliphatic carbocycles. The number of sulfonamides is 1. The van der Waals surface area contributed by atoms with Crippen LogP contribution in [-0.4, -0.2) is 19.2 Å². The lowest BCUT2D eigenvalue weighted by Gasteiger charge is -2.13. The summed E-state index contributed by atoms with van der Waals surface area (Å²) < 4.78 is 28.6. The topological polar surface area (TPSA) is 76.1 Å². The highest BCUT2D eigenvalue weighted by atomic mass is 79.9. The van der Waals surface area contributed by atoms with Crippen LogP contribution >= 0.6 is 27.5 Å². The van der Waals surface area contributed by atoms with Gasteiger partial charge in [-0.2, -0.15) is 0 Å². The number of nitrogens with zero attached hydrogens (tertiary/aromatic N) is 1. The highest BCUT2D eigenvalue weighted by Gasteiger charge is 2.20. The van der Waals surface area contributed by atoms with E-state index in [1.54, 1.807) is 24.3 Å². The van der Waals surface area contributed by atoms with Gasteiger partial charge in [0.1, 0.15) is 0 Å². The van der Waals surface area contributed by atoms with Crippen LogP contribution < -0.4 is 4.72 Å². The first-order chi connectivity index (χ1) is 12.8. The van der Waals surface area contributed by atoms with Crippen molar-refractivity contribution in [3.05, 3.63) is 87.1 Å². The molecule has 1 aromatic heterocycles. The second-order valence-corrected chi connectivity index (χ2v) is 8.80. The zero-order valence-corrected chi connectivity index (χ0v) is 17.3. The maximum Gasteiger partial charge on any atom is 0.261 e. The second-order valence-electron chi connectivity index (χ2n) is 5.77. The molecule has 0 amide bonds. The van der Waals surface area contributed by atoms with E-state index in [4.69, 9.17) is 11.6 Å². The van der Waals surface area contributed by atoms with E-state index < -0.39 is 10.0 Å². The number of nitrogens with one attached hydrogen (secondary N) is 1. The van der Waals surface area contributed by atoms with Crippen LogP contribution in [0.4, 0.5) is 5.69 Å². The largest absolute Gasteiger partial charge is 0.288 e. The van der Waals surface area contributed by atoms with Gasteiger partial charge in [-0.1, -0.05) is 27.5 Å². The molecule has 0 aliphatic rings. The zero-order valence-electron chi connectivity index (χ0n) is 14.1. The molecule has 1 N–H and O–H groups in total. The molecular formula is C19H14BrClN2O3S. The molecule has 0 fully saturated rings. The Morgan fingerprint density at radius 3 is 2.41 bits per heavy atom. The van der Waals surface area contributed by atoms with Crippen LogP contribution in [0.25, 0.3) is 0 Å². The molecule has 0 atom stereocenters. The molecule has 0 unspecified atom stereocenters. The van der Waals surface area contributed by atoms with Gasteiger partial charge in [0.2, 0.25) is 0 Å². The lowest BCUT2D eigenvalue weighted by molar-refractivity contribution is 0.103. The number of aromatic nitrogens is 1. The van der Waals surface area contributed by atoms with E-state index in [1.165, 1.54) is 36.5 Å². The minimum absolute atomic E-state index is 0.0797. The molecule has 0 saturated heterocycles. The number of halogens is 2. The van der Waals surface area contributed by atoms with Gasteiger partial charge < -0.3 is 0 Å². The van der Waals surface area contributed by atoms with E-state index in [1.807, 2.05) is 6.92 Å². The smallest absolute Gasteiger partial charge is 0.261 e. The number of aryl methyl sites for hydroxylation is 1. The number of hydrogen-bond donors (Lipinski definition) is 1. The van der Waals surface area contributed by atoms with Crippen molar-refractivity contribution in [2.45, 2.75) is 11.8 Å². The lowest BCUT2D eigenvalue weighted by Crippen LogP contribution is -2.16. The first-order valence-electron chi connectivity index (χ1n) is 7.81. The van der Waals surface area contributed by atoms with Gasteiger partial charge in [-0.15, -0.1) is 0 Å². The number of pyridine rings is 1. The van der Waals surface area contributed by atoms with E-state index in [2.05, 4.69) is 25.6 Å². The molecule has 8 heteroatoms. The van der Waals surface area contributed by atoms with Gasteiger partial charge in [0.15, 0.2) is 5.78 Å². The average Bonchev–Trinajstić information content (AvgIpc) is 2.63. The Labute approximate surface area is 170 Å². The number of anilines is 1. The molecule has 3 rings (SSSR count). The first-order valence-corrected chi connectivity index (χ1v) is 10.5. The van der Waals surface area contributed by atoms with Crippen LogP contribution in [0.1, 0.15) is 21.6 Å². The maximum absolute atomic E-state index is 12.9. The number of carbonyl (C=O) groups is 1. The highest BCUT2D eigenvalue weighted by Crippen LogP contribution is 2.26. The van der Waals surface area contributed by atoms with Crippen LogP contribution in [0.15, 0.2) is 70.2 Å². The molecule has 5 nitrogen and oxygen atoms in total. The molecule has 27 heavy (non-hydrogen) atoms. The van der Waals surface area contributed by atoms with Crippen LogP contribution in [0.2, 0.25) is 5.02 Å². The number of carbonyl (C=O) groups excluding carboxylic acids is 1. The van der Waals surface area contributed by atoms with Gasteiger partial charge in [0, 0.05) is 32.5 Å². The number of rotatable bonds is 5. The summed E-state index contributed by atoms with van der Waals surface area (Å²) in [5, 5.41) is 0.324. The normalized spacial score (nSPS) is 11.2. The van der Waals surface area contributed by atoms with Crippen molar-refractivity contribution in [2.24, 2.45) is 0 Å². The number of hydrogen-bond acceptors (Lipinski definition) is 4. The van der Waals surface area contributed by atoms with E-state index >= 15 is 0 Å². The Morgan fingerprint density at radius 2 is 1.78 bits per heavy atom. The van der Waals surface area contributed by atoms with Crippen LogP contribution in [0, 0.1) is 6.92 Å². The number of ketones is 1. The van der Waals surface area contributed by atoms with Crippen LogP contribution in [-0.2, 0) is 10.0 Å². The fourth-order valence-electron chi connectivity index (χ4n) is 2.37. The molecule has 2 aromatic carbocycles. The molecular weight excluding hydrogens is 452 g/mol. The van der Waals surface area contributed by atoms with Gasteiger partial charge >= 0.3 is 0 Å². The van der Waals surface area contributed by atoms with Crippen molar-refractivity contribution in [3.63, 3.8) is 0 Å². The van der Waals surface area contributed by atoms with Crippen molar-refractivity contribution >= 4 is 49.0 Å². The molecule has 0 spiro atoms. The Balaban J connectivity index is 2.00. The fourth-order valence-corrected chi connectivity index (χ4v) is 3.88. The summed E-state index contributed by atoms with van der Waals surface area (Å²) >= 11 is 9.30. The Bertz CT molecular complexity index is 1100. The summed E-state index contributed by atoms with van der Waals surface area (Å²) in [6.07, 6.45) is 1.45. The van der Waals surface area contributed by atoms with Crippen LogP contribution in [0.3, 0.4) is 0 Å². The van der Waals surface area contributed by atoms with Crippen molar-refractivity contribution in [1.82, 2.24) is 4.98 Å².